The van der Waals surface area contributed by atoms with Crippen LogP contribution < -0.4 is 0 Å². The van der Waals surface area contributed by atoms with E-state index in [1.54, 1.807) is 0 Å². The van der Waals surface area contributed by atoms with E-state index in [4.69, 9.17) is 4.74 Å². The third-order valence-electron chi connectivity index (χ3n) is 5.15. The zero-order chi connectivity index (χ0) is 22.6. The molecule has 0 aromatic heterocycles. The lowest BCUT2D eigenvalue weighted by molar-refractivity contribution is -0.143. The molecule has 0 unspecified atom stereocenters. The number of carbonyl (C=O) groups excluding carboxylic acids is 1. The Bertz CT molecular complexity index is 855. The van der Waals surface area contributed by atoms with E-state index in [-0.39, 0.29) is 25.3 Å². The van der Waals surface area contributed by atoms with Crippen LogP contribution in [0.1, 0.15) is 39.9 Å². The lowest BCUT2D eigenvalue weighted by Crippen LogP contribution is -2.41. The van der Waals surface area contributed by atoms with Crippen LogP contribution in [0, 0.1) is 0 Å². The fourth-order valence-corrected chi connectivity index (χ4v) is 3.47. The first kappa shape index (κ1) is 23.1. The summed E-state index contributed by atoms with van der Waals surface area (Å²) in [5.41, 5.74) is -2.49. The summed E-state index contributed by atoms with van der Waals surface area (Å²) in [6, 6.07) is 10.7. The zero-order valence-electron chi connectivity index (χ0n) is 16.5. The second-order valence-corrected chi connectivity index (χ2v) is 7.39. The van der Waals surface area contributed by atoms with Crippen molar-refractivity contribution in [1.82, 2.24) is 4.90 Å². The molecule has 1 amide bonds. The van der Waals surface area contributed by atoms with Crippen LogP contribution in [-0.4, -0.2) is 36.6 Å². The number of piperidine rings is 1. The molecule has 1 aliphatic heterocycles. The molecule has 168 valence electrons. The molecule has 1 aliphatic rings. The van der Waals surface area contributed by atoms with Gasteiger partial charge in [-0.25, -0.2) is 0 Å². The van der Waals surface area contributed by atoms with Crippen LogP contribution in [0.25, 0.3) is 0 Å². The fourth-order valence-electron chi connectivity index (χ4n) is 3.47. The molecule has 0 bridgehead atoms. The summed E-state index contributed by atoms with van der Waals surface area (Å²) in [7, 11) is 0. The molecule has 0 N–H and O–H groups in total. The Morgan fingerprint density at radius 2 is 1.45 bits per heavy atom. The summed E-state index contributed by atoms with van der Waals surface area (Å²) in [4.78, 5) is 13.9. The van der Waals surface area contributed by atoms with Gasteiger partial charge in [0.05, 0.1) is 23.8 Å². The normalized spacial score (nSPS) is 15.9. The van der Waals surface area contributed by atoms with E-state index in [0.29, 0.717) is 31.6 Å². The van der Waals surface area contributed by atoms with Crippen molar-refractivity contribution in [2.45, 2.75) is 37.7 Å². The highest BCUT2D eigenvalue weighted by Gasteiger charge is 2.38. The number of hydrogen-bond acceptors (Lipinski definition) is 2. The minimum atomic E-state index is -4.99. The molecule has 31 heavy (non-hydrogen) atoms. The molecule has 0 spiro atoms. The summed E-state index contributed by atoms with van der Waals surface area (Å²) in [6.07, 6.45) is -8.44. The maximum atomic E-state index is 13.0. The number of carbonyl (C=O) groups is 1. The van der Waals surface area contributed by atoms with Gasteiger partial charge in [0, 0.05) is 18.7 Å². The van der Waals surface area contributed by atoms with Crippen molar-refractivity contribution in [2.75, 3.05) is 19.7 Å². The summed E-state index contributed by atoms with van der Waals surface area (Å²) in [5.74, 6) is -0.848. The third-order valence-corrected chi connectivity index (χ3v) is 5.15. The van der Waals surface area contributed by atoms with Gasteiger partial charge in [-0.1, -0.05) is 30.3 Å². The Morgan fingerprint density at radius 1 is 0.903 bits per heavy atom. The maximum absolute atomic E-state index is 13.0. The molecule has 0 aliphatic carbocycles. The number of alkyl halides is 6. The first-order valence-electron chi connectivity index (χ1n) is 9.78. The van der Waals surface area contributed by atoms with Crippen LogP contribution in [0.15, 0.2) is 48.5 Å². The Balaban J connectivity index is 1.61. The smallest absolute Gasteiger partial charge is 0.378 e. The first-order chi connectivity index (χ1) is 14.5. The van der Waals surface area contributed by atoms with Crippen molar-refractivity contribution >= 4 is 5.91 Å². The van der Waals surface area contributed by atoms with Gasteiger partial charge >= 0.3 is 12.4 Å². The Labute approximate surface area is 175 Å². The van der Waals surface area contributed by atoms with Gasteiger partial charge in [-0.3, -0.25) is 4.79 Å². The largest absolute Gasteiger partial charge is 0.416 e. The predicted molar refractivity (Wildman–Crippen MR) is 101 cm³/mol. The van der Waals surface area contributed by atoms with Gasteiger partial charge in [0.25, 0.3) is 5.91 Å². The van der Waals surface area contributed by atoms with E-state index < -0.39 is 35.0 Å². The minimum Gasteiger partial charge on any atom is -0.378 e. The van der Waals surface area contributed by atoms with Crippen LogP contribution in [0.2, 0.25) is 0 Å². The van der Waals surface area contributed by atoms with Gasteiger partial charge in [0.15, 0.2) is 0 Å². The van der Waals surface area contributed by atoms with Gasteiger partial charge in [-0.05, 0) is 43.0 Å². The molecule has 0 radical (unpaired) electrons. The van der Waals surface area contributed by atoms with Gasteiger partial charge in [-0.2, -0.15) is 26.3 Å². The van der Waals surface area contributed by atoms with Crippen molar-refractivity contribution in [1.29, 1.82) is 0 Å². The Kier molecular flexibility index (Phi) is 6.93. The summed E-state index contributed by atoms with van der Waals surface area (Å²) in [5, 5.41) is 0. The lowest BCUT2D eigenvalue weighted by atomic mass is 10.0. The van der Waals surface area contributed by atoms with Crippen molar-refractivity contribution in [3.8, 4) is 0 Å². The highest BCUT2D eigenvalue weighted by atomic mass is 19.4. The predicted octanol–water partition coefficient (Wildman–Crippen LogP) is 5.59. The van der Waals surface area contributed by atoms with E-state index in [0.717, 1.165) is 12.0 Å². The van der Waals surface area contributed by atoms with Gasteiger partial charge in [-0.15, -0.1) is 0 Å². The van der Waals surface area contributed by atoms with E-state index in [9.17, 15) is 31.1 Å². The first-order valence-corrected chi connectivity index (χ1v) is 9.78. The minimum absolute atomic E-state index is 0.0175. The number of benzene rings is 2. The number of amides is 1. The SMILES string of the molecule is O=C(c1cc(C(F)(F)F)cc(C(F)(F)F)c1)N1CCC(OCCc2ccccc2)CC1. The van der Waals surface area contributed by atoms with Gasteiger partial charge < -0.3 is 9.64 Å². The van der Waals surface area contributed by atoms with Gasteiger partial charge in [0.1, 0.15) is 0 Å². The molecule has 1 heterocycles. The molecule has 1 saturated heterocycles. The monoisotopic (exact) mass is 445 g/mol. The molecular formula is C22H21F6NO2. The van der Waals surface area contributed by atoms with Crippen LogP contribution in [0.3, 0.4) is 0 Å². The van der Waals surface area contributed by atoms with E-state index >= 15 is 0 Å². The van der Waals surface area contributed by atoms with Crippen LogP contribution in [0.4, 0.5) is 26.3 Å². The van der Waals surface area contributed by atoms with E-state index in [2.05, 4.69) is 0 Å². The quantitative estimate of drug-likeness (QED) is 0.562. The highest BCUT2D eigenvalue weighted by molar-refractivity contribution is 5.94. The van der Waals surface area contributed by atoms with Crippen molar-refractivity contribution in [3.63, 3.8) is 0 Å². The molecule has 0 atom stereocenters. The number of ether oxygens (including phenoxy) is 1. The topological polar surface area (TPSA) is 29.5 Å². The summed E-state index contributed by atoms with van der Waals surface area (Å²) >= 11 is 0. The van der Waals surface area contributed by atoms with Crippen LogP contribution in [0.5, 0.6) is 0 Å². The molecule has 3 rings (SSSR count). The van der Waals surface area contributed by atoms with Gasteiger partial charge in [0.2, 0.25) is 0 Å². The van der Waals surface area contributed by atoms with E-state index in [1.807, 2.05) is 30.3 Å². The number of hydrogen-bond donors (Lipinski definition) is 0. The molecule has 1 fully saturated rings. The third kappa shape index (κ3) is 6.22. The average molecular weight is 445 g/mol. The summed E-state index contributed by atoms with van der Waals surface area (Å²) < 4.78 is 84.0. The summed E-state index contributed by atoms with van der Waals surface area (Å²) in [6.45, 7) is 0.893. The lowest BCUT2D eigenvalue weighted by Gasteiger charge is -2.32. The molecular weight excluding hydrogens is 424 g/mol. The Morgan fingerprint density at radius 3 is 1.97 bits per heavy atom. The maximum Gasteiger partial charge on any atom is 0.416 e. The second-order valence-electron chi connectivity index (χ2n) is 7.39. The Hall–Kier alpha value is -2.55. The molecule has 9 heteroatoms. The highest BCUT2D eigenvalue weighted by Crippen LogP contribution is 2.36. The zero-order valence-corrected chi connectivity index (χ0v) is 16.5. The average Bonchev–Trinajstić information content (AvgIpc) is 2.73. The molecule has 2 aromatic rings. The number of nitrogens with zero attached hydrogens (tertiary/aromatic N) is 1. The van der Waals surface area contributed by atoms with Crippen molar-refractivity contribution in [3.05, 3.63) is 70.8 Å². The number of halogens is 6. The second kappa shape index (κ2) is 9.30. The van der Waals surface area contributed by atoms with Crippen LogP contribution in [-0.2, 0) is 23.5 Å². The van der Waals surface area contributed by atoms with Crippen molar-refractivity contribution in [2.24, 2.45) is 0 Å². The molecule has 2 aromatic carbocycles. The molecule has 0 saturated carbocycles. The number of likely N-dealkylation sites (tertiary alicyclic amines) is 1. The van der Waals surface area contributed by atoms with Crippen LogP contribution >= 0.6 is 0 Å². The molecule has 3 nitrogen and oxygen atoms in total. The number of rotatable bonds is 5. The van der Waals surface area contributed by atoms with Crippen molar-refractivity contribution < 1.29 is 35.9 Å². The van der Waals surface area contributed by atoms with E-state index in [1.165, 1.54) is 4.90 Å². The fraction of sp³-hybridized carbons (Fsp3) is 0.409. The standard InChI is InChI=1S/C22H21F6NO2/c23-21(24,25)17-12-16(13-18(14-17)22(26,27)28)20(30)29-9-6-19(7-10-29)31-11-8-15-4-2-1-3-5-15/h1-5,12-14,19H,6-11H2.